The Bertz CT molecular complexity index is 509. The Morgan fingerprint density at radius 1 is 1.21 bits per heavy atom. The van der Waals surface area contributed by atoms with Gasteiger partial charge in [-0.05, 0) is 18.3 Å². The second kappa shape index (κ2) is 8.09. The van der Waals surface area contributed by atoms with E-state index >= 15 is 0 Å². The predicted octanol–water partition coefficient (Wildman–Crippen LogP) is -0.432. The quantitative estimate of drug-likeness (QED) is 0.349. The van der Waals surface area contributed by atoms with Crippen molar-refractivity contribution in [3.63, 3.8) is 0 Å². The molecule has 4 atom stereocenters. The lowest BCUT2D eigenvalue weighted by molar-refractivity contribution is -0.141. The number of carbonyl (C=O) groups excluding carboxylic acids is 3. The summed E-state index contributed by atoms with van der Waals surface area (Å²) in [6.45, 7) is 1.90. The van der Waals surface area contributed by atoms with Crippen LogP contribution in [0.3, 0.4) is 0 Å². The van der Waals surface area contributed by atoms with E-state index in [1.54, 1.807) is 7.11 Å². The molecule has 2 N–H and O–H groups in total. The number of allylic oxidation sites excluding steroid dienone is 2. The van der Waals surface area contributed by atoms with E-state index in [2.05, 4.69) is 22.8 Å². The van der Waals surface area contributed by atoms with E-state index in [-0.39, 0.29) is 66.9 Å². The first-order valence-electron chi connectivity index (χ1n) is 8.13. The molecular weight excluding hydrogens is 334 g/mol. The molecule has 8 heteroatoms. The molecule has 0 aromatic carbocycles. The first-order chi connectivity index (χ1) is 11.1. The second-order valence-corrected chi connectivity index (χ2v) is 6.35. The second-order valence-electron chi connectivity index (χ2n) is 6.35. The maximum absolute atomic E-state index is 12.4. The molecule has 0 radical (unpaired) electrons. The Hall–Kier alpha value is -1.44. The molecular formula is C16H24ClN3O4. The molecule has 0 aromatic rings. The van der Waals surface area contributed by atoms with Crippen molar-refractivity contribution in [1.29, 1.82) is 0 Å². The van der Waals surface area contributed by atoms with Gasteiger partial charge in [-0.1, -0.05) is 12.2 Å². The minimum absolute atomic E-state index is 0. The van der Waals surface area contributed by atoms with Crippen LogP contribution >= 0.6 is 12.4 Å². The largest absolute Gasteiger partial charge is 0.383 e. The first kappa shape index (κ1) is 18.9. The summed E-state index contributed by atoms with van der Waals surface area (Å²) in [4.78, 5) is 37.9. The number of hydrogen-bond donors (Lipinski definition) is 2. The van der Waals surface area contributed by atoms with Crippen molar-refractivity contribution in [2.45, 2.75) is 6.42 Å². The van der Waals surface area contributed by atoms with Crippen molar-refractivity contribution in [3.8, 4) is 0 Å². The van der Waals surface area contributed by atoms with Gasteiger partial charge in [0.15, 0.2) is 0 Å². The van der Waals surface area contributed by atoms with E-state index in [4.69, 9.17) is 4.74 Å². The van der Waals surface area contributed by atoms with E-state index in [0.717, 1.165) is 6.42 Å². The topological polar surface area (TPSA) is 87.7 Å². The summed E-state index contributed by atoms with van der Waals surface area (Å²) < 4.78 is 4.87. The van der Waals surface area contributed by atoms with Gasteiger partial charge in [-0.3, -0.25) is 19.3 Å². The van der Waals surface area contributed by atoms with Gasteiger partial charge in [-0.15, -0.1) is 12.4 Å². The lowest BCUT2D eigenvalue weighted by Gasteiger charge is -2.17. The van der Waals surface area contributed by atoms with E-state index < -0.39 is 0 Å². The third-order valence-corrected chi connectivity index (χ3v) is 4.99. The molecule has 0 aromatic heterocycles. The van der Waals surface area contributed by atoms with E-state index in [0.29, 0.717) is 19.7 Å². The molecule has 0 spiro atoms. The molecule has 7 nitrogen and oxygen atoms in total. The van der Waals surface area contributed by atoms with Crippen LogP contribution in [0.2, 0.25) is 0 Å². The van der Waals surface area contributed by atoms with Gasteiger partial charge in [0.25, 0.3) is 0 Å². The van der Waals surface area contributed by atoms with Crippen molar-refractivity contribution in [1.82, 2.24) is 15.5 Å². The highest BCUT2D eigenvalue weighted by Crippen LogP contribution is 2.52. The average molecular weight is 358 g/mol. The minimum Gasteiger partial charge on any atom is -0.383 e. The Kier molecular flexibility index (Phi) is 6.37. The molecule has 3 amide bonds. The van der Waals surface area contributed by atoms with Crippen LogP contribution in [-0.2, 0) is 19.1 Å². The molecule has 2 bridgehead atoms. The van der Waals surface area contributed by atoms with Gasteiger partial charge < -0.3 is 15.4 Å². The number of amides is 3. The lowest BCUT2D eigenvalue weighted by atomic mass is 9.85. The summed E-state index contributed by atoms with van der Waals surface area (Å²) in [5, 5.41) is 5.67. The van der Waals surface area contributed by atoms with E-state index in [1.807, 2.05) is 0 Å². The number of rotatable bonds is 8. The fourth-order valence-electron chi connectivity index (χ4n) is 3.93. The smallest absolute Gasteiger partial charge is 0.234 e. The van der Waals surface area contributed by atoms with Gasteiger partial charge in [-0.25, -0.2) is 0 Å². The number of imide groups is 1. The maximum atomic E-state index is 12.4. The Labute approximate surface area is 147 Å². The predicted molar refractivity (Wildman–Crippen MR) is 89.4 cm³/mol. The number of halogens is 1. The summed E-state index contributed by atoms with van der Waals surface area (Å²) in [6, 6.07) is 0. The van der Waals surface area contributed by atoms with Gasteiger partial charge in [0.05, 0.1) is 25.0 Å². The zero-order chi connectivity index (χ0) is 16.4. The number of nitrogens with one attached hydrogen (secondary N) is 2. The van der Waals surface area contributed by atoms with Crippen LogP contribution < -0.4 is 10.6 Å². The molecule has 2 fully saturated rings. The van der Waals surface area contributed by atoms with Gasteiger partial charge in [-0.2, -0.15) is 0 Å². The van der Waals surface area contributed by atoms with Crippen LogP contribution in [0.1, 0.15) is 6.42 Å². The zero-order valence-corrected chi connectivity index (χ0v) is 14.5. The van der Waals surface area contributed by atoms with Crippen molar-refractivity contribution in [2.75, 3.05) is 39.9 Å². The summed E-state index contributed by atoms with van der Waals surface area (Å²) in [7, 11) is 1.60. The SMILES string of the molecule is COCCNCC(=O)NCCN1C(=O)C2C3C=CC(C3)C2C1=O.Cl. The van der Waals surface area contributed by atoms with Crippen LogP contribution in [0.15, 0.2) is 12.2 Å². The van der Waals surface area contributed by atoms with E-state index in [1.165, 1.54) is 4.90 Å². The first-order valence-corrected chi connectivity index (χ1v) is 8.13. The summed E-state index contributed by atoms with van der Waals surface area (Å²) in [5.41, 5.74) is 0. The van der Waals surface area contributed by atoms with Crippen LogP contribution in [-0.4, -0.2) is 62.5 Å². The summed E-state index contributed by atoms with van der Waals surface area (Å²) >= 11 is 0. The average Bonchev–Trinajstić information content (AvgIpc) is 3.21. The molecule has 2 aliphatic carbocycles. The molecule has 1 aliphatic heterocycles. The Morgan fingerprint density at radius 2 is 1.83 bits per heavy atom. The maximum Gasteiger partial charge on any atom is 0.234 e. The van der Waals surface area contributed by atoms with Crippen LogP contribution in [0.4, 0.5) is 0 Å². The van der Waals surface area contributed by atoms with Crippen LogP contribution in [0, 0.1) is 23.7 Å². The van der Waals surface area contributed by atoms with E-state index in [9.17, 15) is 14.4 Å². The number of ether oxygens (including phenoxy) is 1. The number of carbonyl (C=O) groups is 3. The highest BCUT2D eigenvalue weighted by molar-refractivity contribution is 6.06. The Morgan fingerprint density at radius 3 is 2.42 bits per heavy atom. The molecule has 1 saturated carbocycles. The van der Waals surface area contributed by atoms with Crippen molar-refractivity contribution >= 4 is 30.1 Å². The monoisotopic (exact) mass is 357 g/mol. The summed E-state index contributed by atoms with van der Waals surface area (Å²) in [5.74, 6) is -0.152. The van der Waals surface area contributed by atoms with Crippen molar-refractivity contribution in [2.24, 2.45) is 23.7 Å². The number of hydrogen-bond acceptors (Lipinski definition) is 5. The molecule has 4 unspecified atom stereocenters. The normalized spacial score (nSPS) is 29.8. The molecule has 24 heavy (non-hydrogen) atoms. The van der Waals surface area contributed by atoms with Gasteiger partial charge in [0, 0.05) is 26.7 Å². The Balaban J connectivity index is 0.00000208. The standard InChI is InChI=1S/C16H23N3O4.ClH/c1-23-7-5-17-9-12(20)18-4-6-19-15(21)13-10-2-3-11(8-10)14(13)16(19)22;/h2-3,10-11,13-14,17H,4-9H2,1H3,(H,18,20);1H. The van der Waals surface area contributed by atoms with Crippen LogP contribution in [0.5, 0.6) is 0 Å². The zero-order valence-electron chi connectivity index (χ0n) is 13.7. The highest BCUT2D eigenvalue weighted by atomic mass is 35.5. The summed E-state index contributed by atoms with van der Waals surface area (Å²) in [6.07, 6.45) is 5.09. The number of likely N-dealkylation sites (tertiary alicyclic amines) is 1. The van der Waals surface area contributed by atoms with Crippen molar-refractivity contribution < 1.29 is 19.1 Å². The van der Waals surface area contributed by atoms with Gasteiger partial charge in [0.2, 0.25) is 17.7 Å². The number of fused-ring (bicyclic) bond motifs is 5. The van der Waals surface area contributed by atoms with Gasteiger partial charge in [0.1, 0.15) is 0 Å². The highest BCUT2D eigenvalue weighted by Gasteiger charge is 2.58. The van der Waals surface area contributed by atoms with Crippen LogP contribution in [0.25, 0.3) is 0 Å². The lowest BCUT2D eigenvalue weighted by Crippen LogP contribution is -2.42. The number of nitrogens with zero attached hydrogens (tertiary/aromatic N) is 1. The molecule has 1 heterocycles. The third-order valence-electron chi connectivity index (χ3n) is 4.99. The molecule has 3 aliphatic rings. The van der Waals surface area contributed by atoms with Crippen molar-refractivity contribution in [3.05, 3.63) is 12.2 Å². The molecule has 134 valence electrons. The fraction of sp³-hybridized carbons (Fsp3) is 0.688. The minimum atomic E-state index is -0.163. The third kappa shape index (κ3) is 3.48. The number of methoxy groups -OCH3 is 1. The van der Waals surface area contributed by atoms with Gasteiger partial charge >= 0.3 is 0 Å². The molecule has 3 rings (SSSR count). The fourth-order valence-corrected chi connectivity index (χ4v) is 3.93. The molecule has 1 saturated heterocycles.